The van der Waals surface area contributed by atoms with E-state index in [4.69, 9.17) is 0 Å². The summed E-state index contributed by atoms with van der Waals surface area (Å²) in [4.78, 5) is 26.9. The van der Waals surface area contributed by atoms with Gasteiger partial charge >= 0.3 is 5.69 Å². The molecular formula is C19H21N3O3. The van der Waals surface area contributed by atoms with E-state index in [9.17, 15) is 14.7 Å². The Kier molecular flexibility index (Phi) is 4.72. The van der Waals surface area contributed by atoms with Crippen molar-refractivity contribution < 1.29 is 9.90 Å². The number of aliphatic hydroxyl groups excluding tert-OH is 1. The molecule has 0 spiro atoms. The highest BCUT2D eigenvalue weighted by Gasteiger charge is 2.16. The summed E-state index contributed by atoms with van der Waals surface area (Å²) in [5.74, 6) is -0.301. The van der Waals surface area contributed by atoms with Crippen LogP contribution in [0.5, 0.6) is 0 Å². The predicted octanol–water partition coefficient (Wildman–Crippen LogP) is 1.89. The van der Waals surface area contributed by atoms with Crippen molar-refractivity contribution in [3.63, 3.8) is 0 Å². The molecule has 1 atom stereocenters. The number of aromatic nitrogens is 2. The second kappa shape index (κ2) is 6.94. The number of aryl methyl sites for hydroxylation is 2. The highest BCUT2D eigenvalue weighted by molar-refractivity contribution is 5.97. The zero-order valence-corrected chi connectivity index (χ0v) is 14.2. The van der Waals surface area contributed by atoms with Crippen LogP contribution in [0.25, 0.3) is 11.0 Å². The molecule has 3 N–H and O–H groups in total. The topological polar surface area (TPSA) is 87.1 Å². The number of amides is 1. The quantitative estimate of drug-likeness (QED) is 0.663. The van der Waals surface area contributed by atoms with Gasteiger partial charge in [-0.3, -0.25) is 9.36 Å². The molecular weight excluding hydrogens is 318 g/mol. The average Bonchev–Trinajstić information content (AvgIpc) is 2.93. The Morgan fingerprint density at radius 1 is 1.24 bits per heavy atom. The van der Waals surface area contributed by atoms with Crippen LogP contribution in [0.15, 0.2) is 47.3 Å². The molecule has 0 aliphatic rings. The van der Waals surface area contributed by atoms with E-state index < -0.39 is 6.04 Å². The second-order valence-electron chi connectivity index (χ2n) is 6.02. The van der Waals surface area contributed by atoms with Crippen molar-refractivity contribution in [3.8, 4) is 0 Å². The van der Waals surface area contributed by atoms with Gasteiger partial charge in [0.1, 0.15) is 0 Å². The molecule has 0 bridgehead atoms. The van der Waals surface area contributed by atoms with Crippen molar-refractivity contribution >= 4 is 16.9 Å². The molecule has 0 aliphatic heterocycles. The van der Waals surface area contributed by atoms with Crippen molar-refractivity contribution in [2.24, 2.45) is 7.05 Å². The average molecular weight is 339 g/mol. The third kappa shape index (κ3) is 3.34. The van der Waals surface area contributed by atoms with Crippen LogP contribution >= 0.6 is 0 Å². The fourth-order valence-electron chi connectivity index (χ4n) is 2.84. The maximum absolute atomic E-state index is 12.5. The minimum atomic E-state index is -0.482. The monoisotopic (exact) mass is 339 g/mol. The van der Waals surface area contributed by atoms with Gasteiger partial charge in [0.25, 0.3) is 5.91 Å². The van der Waals surface area contributed by atoms with Gasteiger partial charge in [0.15, 0.2) is 0 Å². The largest absolute Gasteiger partial charge is 0.394 e. The molecule has 3 rings (SSSR count). The number of hydrogen-bond donors (Lipinski definition) is 3. The van der Waals surface area contributed by atoms with Crippen molar-refractivity contribution in [1.29, 1.82) is 0 Å². The van der Waals surface area contributed by atoms with Crippen LogP contribution in [0.2, 0.25) is 0 Å². The summed E-state index contributed by atoms with van der Waals surface area (Å²) in [6, 6.07) is 12.4. The van der Waals surface area contributed by atoms with Crippen LogP contribution in [0.4, 0.5) is 0 Å². The van der Waals surface area contributed by atoms with Gasteiger partial charge in [-0.1, -0.05) is 31.2 Å². The van der Waals surface area contributed by atoms with Crippen molar-refractivity contribution in [3.05, 3.63) is 69.6 Å². The van der Waals surface area contributed by atoms with Crippen LogP contribution in [0.3, 0.4) is 0 Å². The lowest BCUT2D eigenvalue weighted by Gasteiger charge is -2.17. The van der Waals surface area contributed by atoms with Crippen molar-refractivity contribution in [1.82, 2.24) is 14.9 Å². The number of fused-ring (bicyclic) bond motifs is 1. The molecule has 3 aromatic rings. The van der Waals surface area contributed by atoms with Crippen LogP contribution in [-0.2, 0) is 13.5 Å². The number of rotatable bonds is 5. The molecule has 1 heterocycles. The first-order valence-corrected chi connectivity index (χ1v) is 8.22. The molecule has 0 aliphatic carbocycles. The zero-order chi connectivity index (χ0) is 18.0. The van der Waals surface area contributed by atoms with Gasteiger partial charge in [0.2, 0.25) is 0 Å². The maximum Gasteiger partial charge on any atom is 0.326 e. The second-order valence-corrected chi connectivity index (χ2v) is 6.02. The van der Waals surface area contributed by atoms with Gasteiger partial charge in [0, 0.05) is 12.6 Å². The molecule has 0 saturated carbocycles. The minimum absolute atomic E-state index is 0.193. The normalized spacial score (nSPS) is 12.3. The van der Waals surface area contributed by atoms with Crippen molar-refractivity contribution in [2.45, 2.75) is 19.4 Å². The zero-order valence-electron chi connectivity index (χ0n) is 14.2. The lowest BCUT2D eigenvalue weighted by atomic mass is 10.0. The number of carbonyl (C=O) groups is 1. The number of aliphatic hydroxyl groups is 1. The lowest BCUT2D eigenvalue weighted by Crippen LogP contribution is -2.30. The Hall–Kier alpha value is -2.86. The highest BCUT2D eigenvalue weighted by atomic mass is 16.3. The Morgan fingerprint density at radius 3 is 2.60 bits per heavy atom. The molecule has 0 radical (unpaired) electrons. The van der Waals surface area contributed by atoms with Crippen molar-refractivity contribution in [2.75, 3.05) is 6.61 Å². The highest BCUT2D eigenvalue weighted by Crippen LogP contribution is 2.16. The van der Waals surface area contributed by atoms with E-state index in [1.54, 1.807) is 25.2 Å². The van der Waals surface area contributed by atoms with E-state index in [-0.39, 0.29) is 18.2 Å². The first-order chi connectivity index (χ1) is 12.0. The number of imidazole rings is 1. The first-order valence-electron chi connectivity index (χ1n) is 8.22. The lowest BCUT2D eigenvalue weighted by molar-refractivity contribution is 0.0916. The van der Waals surface area contributed by atoms with E-state index in [0.29, 0.717) is 11.1 Å². The molecule has 25 heavy (non-hydrogen) atoms. The number of hydrogen-bond acceptors (Lipinski definition) is 3. The number of nitrogens with zero attached hydrogens (tertiary/aromatic N) is 1. The molecule has 2 aromatic carbocycles. The molecule has 1 aromatic heterocycles. The summed E-state index contributed by atoms with van der Waals surface area (Å²) < 4.78 is 1.49. The van der Waals surface area contributed by atoms with Gasteiger partial charge in [0.05, 0.1) is 23.7 Å². The molecule has 0 fully saturated rings. The molecule has 6 heteroatoms. The summed E-state index contributed by atoms with van der Waals surface area (Å²) >= 11 is 0. The van der Waals surface area contributed by atoms with Gasteiger partial charge in [-0.2, -0.15) is 0 Å². The summed E-state index contributed by atoms with van der Waals surface area (Å²) in [6.45, 7) is 1.88. The van der Waals surface area contributed by atoms with E-state index in [1.165, 1.54) is 10.1 Å². The third-order valence-electron chi connectivity index (χ3n) is 4.44. The SMILES string of the molecule is CCc1ccc(C(CO)NC(=O)c2ccc3c(c2)[nH]c(=O)n3C)cc1. The van der Waals surface area contributed by atoms with E-state index in [2.05, 4.69) is 17.2 Å². The first kappa shape index (κ1) is 17.0. The third-order valence-corrected chi connectivity index (χ3v) is 4.44. The predicted molar refractivity (Wildman–Crippen MR) is 96.7 cm³/mol. The number of carbonyl (C=O) groups excluding carboxylic acids is 1. The smallest absolute Gasteiger partial charge is 0.326 e. The fourth-order valence-corrected chi connectivity index (χ4v) is 2.84. The maximum atomic E-state index is 12.5. The van der Waals surface area contributed by atoms with Gasteiger partial charge in [-0.05, 0) is 35.7 Å². The Balaban J connectivity index is 1.82. The molecule has 0 saturated heterocycles. The van der Waals surface area contributed by atoms with Crippen LogP contribution in [0, 0.1) is 0 Å². The van der Waals surface area contributed by atoms with Crippen LogP contribution in [-0.4, -0.2) is 27.2 Å². The van der Waals surface area contributed by atoms with Crippen LogP contribution in [0.1, 0.15) is 34.5 Å². The number of benzene rings is 2. The molecule has 1 amide bonds. The number of nitrogens with one attached hydrogen (secondary N) is 2. The number of aromatic amines is 1. The Labute approximate surface area is 145 Å². The van der Waals surface area contributed by atoms with E-state index >= 15 is 0 Å². The van der Waals surface area contributed by atoms with Crippen LogP contribution < -0.4 is 11.0 Å². The fraction of sp³-hybridized carbons (Fsp3) is 0.263. The summed E-state index contributed by atoms with van der Waals surface area (Å²) in [5, 5.41) is 12.5. The summed E-state index contributed by atoms with van der Waals surface area (Å²) in [7, 11) is 1.67. The van der Waals surface area contributed by atoms with E-state index in [0.717, 1.165) is 17.5 Å². The Morgan fingerprint density at radius 2 is 1.96 bits per heavy atom. The standard InChI is InChI=1S/C19H21N3O3/c1-3-12-4-6-13(7-5-12)16(11-23)20-18(24)14-8-9-17-15(10-14)21-19(25)22(17)2/h4-10,16,23H,3,11H2,1-2H3,(H,20,24)(H,21,25). The molecule has 1 unspecified atom stereocenters. The minimum Gasteiger partial charge on any atom is -0.394 e. The van der Waals surface area contributed by atoms with Gasteiger partial charge in [-0.25, -0.2) is 4.79 Å². The van der Waals surface area contributed by atoms with Gasteiger partial charge in [-0.15, -0.1) is 0 Å². The molecule has 130 valence electrons. The number of H-pyrrole nitrogens is 1. The van der Waals surface area contributed by atoms with E-state index in [1.807, 2.05) is 24.3 Å². The Bertz CT molecular complexity index is 954. The van der Waals surface area contributed by atoms with Gasteiger partial charge < -0.3 is 15.4 Å². The summed E-state index contributed by atoms with van der Waals surface area (Å²) in [5.41, 5.74) is 3.59. The molecule has 6 nitrogen and oxygen atoms in total. The summed E-state index contributed by atoms with van der Waals surface area (Å²) in [6.07, 6.45) is 0.936.